The zero-order valence-corrected chi connectivity index (χ0v) is 14.2. The maximum absolute atomic E-state index is 6.01. The van der Waals surface area contributed by atoms with Crippen LogP contribution in [0.3, 0.4) is 0 Å². The van der Waals surface area contributed by atoms with Gasteiger partial charge in [0.2, 0.25) is 5.95 Å². The molecule has 0 radical (unpaired) electrons. The predicted molar refractivity (Wildman–Crippen MR) is 93.9 cm³/mol. The van der Waals surface area contributed by atoms with Gasteiger partial charge in [0.1, 0.15) is 6.61 Å². The second-order valence-electron chi connectivity index (χ2n) is 6.02. The summed E-state index contributed by atoms with van der Waals surface area (Å²) in [7, 11) is 3.84. The zero-order chi connectivity index (χ0) is 17.2. The average molecular weight is 337 g/mol. The summed E-state index contributed by atoms with van der Waals surface area (Å²) < 4.78 is 13.5. The van der Waals surface area contributed by atoms with Crippen LogP contribution in [0.2, 0.25) is 0 Å². The van der Waals surface area contributed by atoms with Crippen LogP contribution < -0.4 is 14.4 Å². The van der Waals surface area contributed by atoms with E-state index in [9.17, 15) is 0 Å². The second kappa shape index (κ2) is 6.43. The first-order valence-electron chi connectivity index (χ1n) is 8.11. The topological polar surface area (TPSA) is 65.3 Å². The van der Waals surface area contributed by atoms with Crippen LogP contribution in [0.1, 0.15) is 0 Å². The van der Waals surface area contributed by atoms with Crippen LogP contribution in [0.5, 0.6) is 11.5 Å². The van der Waals surface area contributed by atoms with Crippen molar-refractivity contribution in [1.29, 1.82) is 0 Å². The van der Waals surface area contributed by atoms with E-state index >= 15 is 0 Å². The third-order valence-electron chi connectivity index (χ3n) is 4.03. The number of ether oxygens (including phenoxy) is 2. The van der Waals surface area contributed by atoms with E-state index in [1.807, 2.05) is 55.5 Å². The van der Waals surface area contributed by atoms with Crippen molar-refractivity contribution in [2.45, 2.75) is 6.10 Å². The van der Waals surface area contributed by atoms with Gasteiger partial charge in [0, 0.05) is 32.1 Å². The van der Waals surface area contributed by atoms with Crippen molar-refractivity contribution in [3.05, 3.63) is 48.9 Å². The van der Waals surface area contributed by atoms with Gasteiger partial charge in [-0.1, -0.05) is 12.1 Å². The van der Waals surface area contributed by atoms with Crippen LogP contribution in [-0.4, -0.2) is 46.1 Å². The Balaban J connectivity index is 1.47. The van der Waals surface area contributed by atoms with Crippen molar-refractivity contribution in [3.8, 4) is 22.8 Å². The quantitative estimate of drug-likeness (QED) is 0.727. The van der Waals surface area contributed by atoms with Gasteiger partial charge in [-0.15, -0.1) is 0 Å². The van der Waals surface area contributed by atoms with E-state index in [0.29, 0.717) is 19.1 Å². The molecule has 128 valence electrons. The van der Waals surface area contributed by atoms with Crippen molar-refractivity contribution in [3.63, 3.8) is 0 Å². The van der Waals surface area contributed by atoms with E-state index in [4.69, 9.17) is 9.47 Å². The molecule has 1 aromatic carbocycles. The van der Waals surface area contributed by atoms with Crippen LogP contribution in [0.25, 0.3) is 11.3 Å². The van der Waals surface area contributed by atoms with Gasteiger partial charge in [-0.2, -0.15) is 5.10 Å². The van der Waals surface area contributed by atoms with Crippen molar-refractivity contribution >= 4 is 5.95 Å². The molecule has 3 heterocycles. The van der Waals surface area contributed by atoms with Gasteiger partial charge in [-0.05, 0) is 18.2 Å². The second-order valence-corrected chi connectivity index (χ2v) is 6.02. The Morgan fingerprint density at radius 2 is 2.08 bits per heavy atom. The lowest BCUT2D eigenvalue weighted by atomic mass is 10.2. The molecule has 0 fully saturated rings. The van der Waals surface area contributed by atoms with Gasteiger partial charge < -0.3 is 14.4 Å². The summed E-state index contributed by atoms with van der Waals surface area (Å²) in [6.07, 6.45) is 5.40. The van der Waals surface area contributed by atoms with Gasteiger partial charge in [-0.3, -0.25) is 4.68 Å². The zero-order valence-electron chi connectivity index (χ0n) is 14.2. The molecule has 0 aliphatic carbocycles. The molecule has 0 spiro atoms. The van der Waals surface area contributed by atoms with Crippen molar-refractivity contribution in [1.82, 2.24) is 19.7 Å². The molecule has 1 atom stereocenters. The molecule has 7 heteroatoms. The third kappa shape index (κ3) is 3.26. The number of para-hydroxylation sites is 2. The average Bonchev–Trinajstić information content (AvgIpc) is 3.08. The third-order valence-corrected chi connectivity index (χ3v) is 4.03. The Hall–Kier alpha value is -3.09. The first kappa shape index (κ1) is 15.4. The maximum Gasteiger partial charge on any atom is 0.225 e. The highest BCUT2D eigenvalue weighted by Crippen LogP contribution is 2.31. The Labute approximate surface area is 145 Å². The lowest BCUT2D eigenvalue weighted by Crippen LogP contribution is -2.40. The van der Waals surface area contributed by atoms with Crippen LogP contribution in [0.15, 0.2) is 48.9 Å². The first-order valence-corrected chi connectivity index (χ1v) is 8.11. The number of aryl methyl sites for hydroxylation is 1. The highest BCUT2D eigenvalue weighted by Gasteiger charge is 2.23. The standard InChI is InChI=1S/C18H19N5O2/c1-22(11-14-12-24-16-5-3-4-6-17(16)25-14)18-19-8-7-15(21-18)13-9-20-23(2)10-13/h3-10,14H,11-12H2,1-2H3. The molecule has 3 aromatic rings. The Kier molecular flexibility index (Phi) is 3.97. The summed E-state index contributed by atoms with van der Waals surface area (Å²) >= 11 is 0. The smallest absolute Gasteiger partial charge is 0.225 e. The van der Waals surface area contributed by atoms with Gasteiger partial charge in [0.25, 0.3) is 0 Å². The number of hydrogen-bond donors (Lipinski definition) is 0. The molecule has 0 amide bonds. The van der Waals surface area contributed by atoms with Crippen LogP contribution in [-0.2, 0) is 7.05 Å². The van der Waals surface area contributed by atoms with Crippen LogP contribution in [0.4, 0.5) is 5.95 Å². The van der Waals surface area contributed by atoms with E-state index in [1.54, 1.807) is 17.1 Å². The summed E-state index contributed by atoms with van der Waals surface area (Å²) in [5.74, 6) is 2.21. The van der Waals surface area contributed by atoms with Crippen LogP contribution in [0, 0.1) is 0 Å². The SMILES string of the molecule is CN(CC1COc2ccccc2O1)c1nccc(-c2cnn(C)c2)n1. The molecule has 0 N–H and O–H groups in total. The lowest BCUT2D eigenvalue weighted by Gasteiger charge is -2.29. The number of aromatic nitrogens is 4. The number of likely N-dealkylation sites (N-methyl/N-ethyl adjacent to an activating group) is 1. The van der Waals surface area contributed by atoms with Gasteiger partial charge in [-0.25, -0.2) is 9.97 Å². The molecule has 4 rings (SSSR count). The molecule has 1 unspecified atom stereocenters. The Morgan fingerprint density at radius 3 is 2.88 bits per heavy atom. The molecule has 0 saturated carbocycles. The molecule has 25 heavy (non-hydrogen) atoms. The fourth-order valence-corrected chi connectivity index (χ4v) is 2.79. The molecule has 2 aromatic heterocycles. The van der Waals surface area contributed by atoms with Crippen molar-refractivity contribution < 1.29 is 9.47 Å². The van der Waals surface area contributed by atoms with Gasteiger partial charge in [0.15, 0.2) is 17.6 Å². The molecular weight excluding hydrogens is 318 g/mol. The van der Waals surface area contributed by atoms with Gasteiger partial charge in [0.05, 0.1) is 18.4 Å². The highest BCUT2D eigenvalue weighted by atomic mass is 16.6. The van der Waals surface area contributed by atoms with E-state index in [2.05, 4.69) is 15.1 Å². The molecule has 7 nitrogen and oxygen atoms in total. The monoisotopic (exact) mass is 337 g/mol. The van der Waals surface area contributed by atoms with Crippen molar-refractivity contribution in [2.24, 2.45) is 7.05 Å². The summed E-state index contributed by atoms with van der Waals surface area (Å²) in [5, 5.41) is 4.19. The first-order chi connectivity index (χ1) is 12.2. The minimum absolute atomic E-state index is 0.0782. The Morgan fingerprint density at radius 1 is 1.24 bits per heavy atom. The number of anilines is 1. The van der Waals surface area contributed by atoms with E-state index in [1.165, 1.54) is 0 Å². The van der Waals surface area contributed by atoms with Crippen LogP contribution >= 0.6 is 0 Å². The molecule has 0 saturated heterocycles. The summed E-state index contributed by atoms with van der Waals surface area (Å²) in [4.78, 5) is 11.0. The number of rotatable bonds is 4. The van der Waals surface area contributed by atoms with E-state index in [-0.39, 0.29) is 6.10 Å². The van der Waals surface area contributed by atoms with E-state index in [0.717, 1.165) is 22.8 Å². The lowest BCUT2D eigenvalue weighted by molar-refractivity contribution is 0.0958. The number of hydrogen-bond acceptors (Lipinski definition) is 6. The highest BCUT2D eigenvalue weighted by molar-refractivity contribution is 5.58. The number of fused-ring (bicyclic) bond motifs is 1. The molecule has 0 bridgehead atoms. The fourth-order valence-electron chi connectivity index (χ4n) is 2.79. The van der Waals surface area contributed by atoms with E-state index < -0.39 is 0 Å². The van der Waals surface area contributed by atoms with Gasteiger partial charge >= 0.3 is 0 Å². The molecule has 1 aliphatic heterocycles. The maximum atomic E-state index is 6.01. The summed E-state index contributed by atoms with van der Waals surface area (Å²) in [5.41, 5.74) is 1.81. The minimum atomic E-state index is -0.0782. The minimum Gasteiger partial charge on any atom is -0.486 e. The molecule has 1 aliphatic rings. The summed E-state index contributed by atoms with van der Waals surface area (Å²) in [6.45, 7) is 1.13. The number of nitrogens with zero attached hydrogens (tertiary/aromatic N) is 5. The number of benzene rings is 1. The summed E-state index contributed by atoms with van der Waals surface area (Å²) in [6, 6.07) is 9.59. The molecular formula is C18H19N5O2. The predicted octanol–water partition coefficient (Wildman–Crippen LogP) is 2.15. The van der Waals surface area contributed by atoms with Crippen molar-refractivity contribution in [2.75, 3.05) is 25.1 Å². The Bertz CT molecular complexity index is 879. The normalized spacial score (nSPS) is 15.8. The largest absolute Gasteiger partial charge is 0.486 e. The fraction of sp³-hybridized carbons (Fsp3) is 0.278.